The number of nitrogens with one attached hydrogen (secondary N) is 1. The Labute approximate surface area is 111 Å². The number of nitrogens with zero attached hydrogens (tertiary/aromatic N) is 1. The molecule has 1 saturated heterocycles. The fourth-order valence-corrected chi connectivity index (χ4v) is 3.00. The summed E-state index contributed by atoms with van der Waals surface area (Å²) in [6.45, 7) is 11.7. The summed E-state index contributed by atoms with van der Waals surface area (Å²) in [4.78, 5) is 2.40. The summed E-state index contributed by atoms with van der Waals surface area (Å²) in [7, 11) is 0. The second-order valence-corrected chi connectivity index (χ2v) is 6.94. The van der Waals surface area contributed by atoms with E-state index in [0.717, 1.165) is 52.0 Å². The van der Waals surface area contributed by atoms with Gasteiger partial charge in [0, 0.05) is 19.6 Å². The molecule has 0 spiro atoms. The third-order valence-corrected chi connectivity index (χ3v) is 4.31. The summed E-state index contributed by atoms with van der Waals surface area (Å²) in [5.74, 6) is 0. The number of hydrogen-bond donors (Lipinski definition) is 2. The van der Waals surface area contributed by atoms with E-state index in [4.69, 9.17) is 0 Å². The molecule has 2 rings (SSSR count). The first-order valence-electron chi connectivity index (χ1n) is 7.24. The average molecular weight is 252 g/mol. The summed E-state index contributed by atoms with van der Waals surface area (Å²) in [6.07, 6.45) is 5.30. The first-order chi connectivity index (χ1) is 8.39. The molecule has 0 unspecified atom stereocenters. The van der Waals surface area contributed by atoms with Crippen molar-refractivity contribution < 1.29 is 5.11 Å². The molecule has 0 saturated carbocycles. The van der Waals surface area contributed by atoms with Crippen molar-refractivity contribution in [2.45, 2.75) is 45.6 Å². The number of piperidine rings is 1. The molecule has 2 N–H and O–H groups in total. The second-order valence-electron chi connectivity index (χ2n) is 6.94. The third-order valence-electron chi connectivity index (χ3n) is 4.31. The van der Waals surface area contributed by atoms with Gasteiger partial charge in [0.2, 0.25) is 0 Å². The van der Waals surface area contributed by atoms with E-state index in [1.54, 1.807) is 5.57 Å². The molecular weight excluding hydrogens is 224 g/mol. The van der Waals surface area contributed by atoms with Crippen LogP contribution in [-0.2, 0) is 0 Å². The Balaban J connectivity index is 1.88. The molecule has 0 aromatic heterocycles. The lowest BCUT2D eigenvalue weighted by molar-refractivity contribution is -0.0194. The molecule has 0 bridgehead atoms. The Hall–Kier alpha value is -0.380. The highest BCUT2D eigenvalue weighted by Crippen LogP contribution is 2.31. The fraction of sp³-hybridized carbons (Fsp3) is 0.867. The molecule has 3 heteroatoms. The zero-order valence-corrected chi connectivity index (χ0v) is 12.1. The summed E-state index contributed by atoms with van der Waals surface area (Å²) >= 11 is 0. The molecule has 104 valence electrons. The van der Waals surface area contributed by atoms with E-state index in [1.165, 1.54) is 0 Å². The molecule has 2 aliphatic rings. The molecule has 18 heavy (non-hydrogen) atoms. The molecule has 0 aliphatic carbocycles. The highest BCUT2D eigenvalue weighted by Gasteiger charge is 2.32. The topological polar surface area (TPSA) is 35.5 Å². The second kappa shape index (κ2) is 5.32. The molecule has 1 fully saturated rings. The molecular formula is C15H28N2O. The van der Waals surface area contributed by atoms with E-state index in [9.17, 15) is 5.11 Å². The zero-order valence-electron chi connectivity index (χ0n) is 12.1. The number of aliphatic hydroxyl groups is 1. The van der Waals surface area contributed by atoms with Gasteiger partial charge in [-0.25, -0.2) is 0 Å². The number of rotatable bonds is 2. The molecule has 3 nitrogen and oxygen atoms in total. The number of hydrogen-bond acceptors (Lipinski definition) is 3. The van der Waals surface area contributed by atoms with E-state index in [1.807, 2.05) is 0 Å². The molecule has 2 heterocycles. The molecule has 0 aromatic rings. The van der Waals surface area contributed by atoms with Crippen LogP contribution in [-0.4, -0.2) is 48.3 Å². The van der Waals surface area contributed by atoms with Gasteiger partial charge in [-0.2, -0.15) is 0 Å². The zero-order chi connectivity index (χ0) is 13.2. The van der Waals surface area contributed by atoms with Gasteiger partial charge >= 0.3 is 0 Å². The standard InChI is InChI=1S/C15H28N2O/c1-14(2,3)13-4-10-17(11-5-13)12-15(18)6-8-16-9-7-15/h4,16,18H,5-12H2,1-3H3. The molecule has 0 atom stereocenters. The van der Waals surface area contributed by atoms with Gasteiger partial charge in [-0.15, -0.1) is 0 Å². The lowest BCUT2D eigenvalue weighted by atomic mass is 9.82. The van der Waals surface area contributed by atoms with Crippen LogP contribution in [0.5, 0.6) is 0 Å². The van der Waals surface area contributed by atoms with E-state index in [-0.39, 0.29) is 0 Å². The van der Waals surface area contributed by atoms with Crippen molar-refractivity contribution in [3.05, 3.63) is 11.6 Å². The van der Waals surface area contributed by atoms with Crippen LogP contribution in [0.2, 0.25) is 0 Å². The van der Waals surface area contributed by atoms with Crippen LogP contribution in [0.1, 0.15) is 40.0 Å². The monoisotopic (exact) mass is 252 g/mol. The highest BCUT2D eigenvalue weighted by molar-refractivity contribution is 5.14. The minimum absolute atomic E-state index is 0.303. The predicted molar refractivity (Wildman–Crippen MR) is 75.6 cm³/mol. The molecule has 0 radical (unpaired) electrons. The molecule has 2 aliphatic heterocycles. The van der Waals surface area contributed by atoms with Crippen LogP contribution >= 0.6 is 0 Å². The summed E-state index contributed by atoms with van der Waals surface area (Å²) in [5.41, 5.74) is 1.41. The number of β-amino-alcohol motifs (C(OH)–C–C–N with tert-alkyl or cyclic N) is 1. The van der Waals surface area contributed by atoms with Gasteiger partial charge in [0.1, 0.15) is 0 Å². The first kappa shape index (κ1) is 14.0. The lowest BCUT2D eigenvalue weighted by Crippen LogP contribution is -2.50. The minimum atomic E-state index is -0.460. The Morgan fingerprint density at radius 2 is 2.00 bits per heavy atom. The Bertz CT molecular complexity index is 311. The Morgan fingerprint density at radius 3 is 2.50 bits per heavy atom. The normalized spacial score (nSPS) is 25.9. The van der Waals surface area contributed by atoms with Gasteiger partial charge in [-0.1, -0.05) is 32.4 Å². The van der Waals surface area contributed by atoms with Gasteiger partial charge in [-0.05, 0) is 37.8 Å². The maximum Gasteiger partial charge on any atom is 0.0798 e. The van der Waals surface area contributed by atoms with Crippen molar-refractivity contribution in [2.75, 3.05) is 32.7 Å². The summed E-state index contributed by atoms with van der Waals surface area (Å²) in [5, 5.41) is 13.9. The van der Waals surface area contributed by atoms with Crippen molar-refractivity contribution in [3.63, 3.8) is 0 Å². The van der Waals surface area contributed by atoms with Crippen LogP contribution in [0.3, 0.4) is 0 Å². The largest absolute Gasteiger partial charge is 0.388 e. The van der Waals surface area contributed by atoms with E-state index >= 15 is 0 Å². The maximum atomic E-state index is 10.5. The van der Waals surface area contributed by atoms with Crippen LogP contribution in [0.15, 0.2) is 11.6 Å². The SMILES string of the molecule is CC(C)(C)C1=CCN(CC2(O)CCNCC2)CC1. The minimum Gasteiger partial charge on any atom is -0.388 e. The van der Waals surface area contributed by atoms with Crippen LogP contribution in [0.25, 0.3) is 0 Å². The van der Waals surface area contributed by atoms with Crippen LogP contribution in [0.4, 0.5) is 0 Å². The highest BCUT2D eigenvalue weighted by atomic mass is 16.3. The van der Waals surface area contributed by atoms with Gasteiger partial charge in [0.15, 0.2) is 0 Å². The van der Waals surface area contributed by atoms with E-state index < -0.39 is 5.60 Å². The average Bonchev–Trinajstić information content (AvgIpc) is 2.29. The van der Waals surface area contributed by atoms with Gasteiger partial charge < -0.3 is 10.4 Å². The summed E-state index contributed by atoms with van der Waals surface area (Å²) in [6, 6.07) is 0. The van der Waals surface area contributed by atoms with Crippen molar-refractivity contribution >= 4 is 0 Å². The molecule has 0 aromatic carbocycles. The van der Waals surface area contributed by atoms with Gasteiger partial charge in [0.05, 0.1) is 5.60 Å². The molecule has 0 amide bonds. The van der Waals surface area contributed by atoms with Crippen LogP contribution < -0.4 is 5.32 Å². The maximum absolute atomic E-state index is 10.5. The van der Waals surface area contributed by atoms with Gasteiger partial charge in [-0.3, -0.25) is 4.90 Å². The van der Waals surface area contributed by atoms with E-state index in [2.05, 4.69) is 37.1 Å². The van der Waals surface area contributed by atoms with Crippen molar-refractivity contribution in [1.29, 1.82) is 0 Å². The van der Waals surface area contributed by atoms with Crippen molar-refractivity contribution in [2.24, 2.45) is 5.41 Å². The smallest absolute Gasteiger partial charge is 0.0798 e. The third kappa shape index (κ3) is 3.56. The quantitative estimate of drug-likeness (QED) is 0.735. The van der Waals surface area contributed by atoms with Crippen LogP contribution in [0, 0.1) is 5.41 Å². The Kier molecular flexibility index (Phi) is 4.15. The Morgan fingerprint density at radius 1 is 1.33 bits per heavy atom. The lowest BCUT2D eigenvalue weighted by Gasteiger charge is -2.39. The van der Waals surface area contributed by atoms with Crippen molar-refractivity contribution in [3.8, 4) is 0 Å². The van der Waals surface area contributed by atoms with E-state index in [0.29, 0.717) is 5.41 Å². The predicted octanol–water partition coefficient (Wildman–Crippen LogP) is 1.78. The van der Waals surface area contributed by atoms with Gasteiger partial charge in [0.25, 0.3) is 0 Å². The summed E-state index contributed by atoms with van der Waals surface area (Å²) < 4.78 is 0. The fourth-order valence-electron chi connectivity index (χ4n) is 3.00. The van der Waals surface area contributed by atoms with Crippen molar-refractivity contribution in [1.82, 2.24) is 10.2 Å². The first-order valence-corrected chi connectivity index (χ1v) is 7.24.